The maximum Gasteiger partial charge on any atom is 0.237 e. The van der Waals surface area contributed by atoms with Crippen LogP contribution in [0.1, 0.15) is 25.6 Å². The number of aryl methyl sites for hydroxylation is 1. The molecule has 0 radical (unpaired) electrons. The molecule has 3 N–H and O–H groups in total. The highest BCUT2D eigenvalue weighted by Crippen LogP contribution is 1.96. The summed E-state index contributed by atoms with van der Waals surface area (Å²) in [6.45, 7) is 2.44. The van der Waals surface area contributed by atoms with Crippen molar-refractivity contribution in [1.82, 2.24) is 14.9 Å². The molecule has 0 fully saturated rings. The SMILES string of the molecule is CCC[C@@H](N)C(=O)NCc1nccn1C. The number of nitrogens with one attached hydrogen (secondary N) is 1. The predicted molar refractivity (Wildman–Crippen MR) is 57.9 cm³/mol. The summed E-state index contributed by atoms with van der Waals surface area (Å²) in [7, 11) is 1.89. The average Bonchev–Trinajstić information content (AvgIpc) is 2.61. The van der Waals surface area contributed by atoms with Gasteiger partial charge in [-0.3, -0.25) is 4.79 Å². The van der Waals surface area contributed by atoms with Crippen LogP contribution >= 0.6 is 0 Å². The number of carbonyl (C=O) groups excluding carboxylic acids is 1. The van der Waals surface area contributed by atoms with Gasteiger partial charge in [-0.2, -0.15) is 0 Å². The minimum absolute atomic E-state index is 0.111. The van der Waals surface area contributed by atoms with Crippen molar-refractivity contribution in [3.63, 3.8) is 0 Å². The highest BCUT2D eigenvalue weighted by Gasteiger charge is 2.12. The number of rotatable bonds is 5. The van der Waals surface area contributed by atoms with E-state index in [1.54, 1.807) is 6.20 Å². The number of nitrogens with two attached hydrogens (primary N) is 1. The van der Waals surface area contributed by atoms with E-state index in [4.69, 9.17) is 5.73 Å². The molecule has 0 saturated heterocycles. The third kappa shape index (κ3) is 3.36. The third-order valence-electron chi connectivity index (χ3n) is 2.28. The second-order valence-corrected chi connectivity index (χ2v) is 3.57. The number of hydrogen-bond acceptors (Lipinski definition) is 3. The second kappa shape index (κ2) is 5.50. The number of carbonyl (C=O) groups is 1. The summed E-state index contributed by atoms with van der Waals surface area (Å²) in [6.07, 6.45) is 5.17. The van der Waals surface area contributed by atoms with Crippen molar-refractivity contribution in [3.8, 4) is 0 Å². The highest BCUT2D eigenvalue weighted by molar-refractivity contribution is 5.81. The Labute approximate surface area is 89.7 Å². The van der Waals surface area contributed by atoms with Crippen LogP contribution in [0.5, 0.6) is 0 Å². The van der Waals surface area contributed by atoms with Gasteiger partial charge in [0, 0.05) is 19.4 Å². The van der Waals surface area contributed by atoms with Crippen molar-refractivity contribution in [2.75, 3.05) is 0 Å². The van der Waals surface area contributed by atoms with E-state index in [-0.39, 0.29) is 5.91 Å². The van der Waals surface area contributed by atoms with Crippen LogP contribution in [0, 0.1) is 0 Å². The van der Waals surface area contributed by atoms with Gasteiger partial charge in [-0.15, -0.1) is 0 Å². The van der Waals surface area contributed by atoms with Crippen LogP contribution in [0.2, 0.25) is 0 Å². The Hall–Kier alpha value is -1.36. The van der Waals surface area contributed by atoms with E-state index in [2.05, 4.69) is 10.3 Å². The first-order chi connectivity index (χ1) is 7.15. The zero-order chi connectivity index (χ0) is 11.3. The van der Waals surface area contributed by atoms with Crippen molar-refractivity contribution < 1.29 is 4.79 Å². The smallest absolute Gasteiger partial charge is 0.237 e. The topological polar surface area (TPSA) is 72.9 Å². The van der Waals surface area contributed by atoms with E-state index in [1.165, 1.54) is 0 Å². The van der Waals surface area contributed by atoms with E-state index < -0.39 is 6.04 Å². The summed E-state index contributed by atoms with van der Waals surface area (Å²) in [5, 5.41) is 2.76. The molecule has 0 spiro atoms. The van der Waals surface area contributed by atoms with Gasteiger partial charge in [-0.05, 0) is 6.42 Å². The van der Waals surface area contributed by atoms with Gasteiger partial charge in [0.1, 0.15) is 5.82 Å². The van der Waals surface area contributed by atoms with Crippen molar-refractivity contribution in [3.05, 3.63) is 18.2 Å². The molecule has 1 amide bonds. The second-order valence-electron chi connectivity index (χ2n) is 3.57. The molecule has 1 aromatic rings. The first-order valence-electron chi connectivity index (χ1n) is 5.14. The Morgan fingerprint density at radius 2 is 2.47 bits per heavy atom. The number of imidazole rings is 1. The van der Waals surface area contributed by atoms with Crippen molar-refractivity contribution in [2.45, 2.75) is 32.4 Å². The van der Waals surface area contributed by atoms with Crippen LogP contribution in [-0.4, -0.2) is 21.5 Å². The van der Waals surface area contributed by atoms with Crippen LogP contribution in [-0.2, 0) is 18.4 Å². The van der Waals surface area contributed by atoms with Gasteiger partial charge in [0.05, 0.1) is 12.6 Å². The molecule has 0 aromatic carbocycles. The van der Waals surface area contributed by atoms with Crippen LogP contribution < -0.4 is 11.1 Å². The molecule has 5 nitrogen and oxygen atoms in total. The number of aromatic nitrogens is 2. The Balaban J connectivity index is 2.37. The summed E-state index contributed by atoms with van der Waals surface area (Å²) >= 11 is 0. The molecule has 1 heterocycles. The van der Waals surface area contributed by atoms with Gasteiger partial charge in [0.15, 0.2) is 0 Å². The van der Waals surface area contributed by atoms with Crippen LogP contribution in [0.15, 0.2) is 12.4 Å². The molecule has 1 rings (SSSR count). The molecule has 15 heavy (non-hydrogen) atoms. The summed E-state index contributed by atoms with van der Waals surface area (Å²) in [5.41, 5.74) is 5.67. The first kappa shape index (κ1) is 11.7. The van der Waals surface area contributed by atoms with E-state index in [0.717, 1.165) is 12.2 Å². The Morgan fingerprint density at radius 3 is 3.00 bits per heavy atom. The Morgan fingerprint density at radius 1 is 1.73 bits per heavy atom. The van der Waals surface area contributed by atoms with E-state index in [9.17, 15) is 4.79 Å². The van der Waals surface area contributed by atoms with Crippen molar-refractivity contribution in [2.24, 2.45) is 12.8 Å². The summed E-state index contributed by atoms with van der Waals surface area (Å²) in [6, 6.07) is -0.407. The maximum atomic E-state index is 11.5. The third-order valence-corrected chi connectivity index (χ3v) is 2.28. The Kier molecular flexibility index (Phi) is 4.30. The summed E-state index contributed by atoms with van der Waals surface area (Å²) in [4.78, 5) is 15.6. The van der Waals surface area contributed by atoms with Gasteiger partial charge in [0.2, 0.25) is 5.91 Å². The van der Waals surface area contributed by atoms with E-state index in [0.29, 0.717) is 13.0 Å². The van der Waals surface area contributed by atoms with Crippen molar-refractivity contribution in [1.29, 1.82) is 0 Å². The molecule has 0 bridgehead atoms. The summed E-state index contributed by atoms with van der Waals surface area (Å²) in [5.74, 6) is 0.715. The van der Waals surface area contributed by atoms with Gasteiger partial charge in [0.25, 0.3) is 0 Å². The fourth-order valence-corrected chi connectivity index (χ4v) is 1.31. The number of hydrogen-bond donors (Lipinski definition) is 2. The van der Waals surface area contributed by atoms with Crippen LogP contribution in [0.4, 0.5) is 0 Å². The lowest BCUT2D eigenvalue weighted by molar-refractivity contribution is -0.122. The largest absolute Gasteiger partial charge is 0.348 e. The lowest BCUT2D eigenvalue weighted by Crippen LogP contribution is -2.40. The van der Waals surface area contributed by atoms with Crippen molar-refractivity contribution >= 4 is 5.91 Å². The molecule has 5 heteroatoms. The predicted octanol–water partition coefficient (Wildman–Crippen LogP) is 0.164. The lowest BCUT2D eigenvalue weighted by Gasteiger charge is -2.10. The first-order valence-corrected chi connectivity index (χ1v) is 5.14. The molecular formula is C10H18N4O. The minimum atomic E-state index is -0.407. The fraction of sp³-hybridized carbons (Fsp3) is 0.600. The average molecular weight is 210 g/mol. The zero-order valence-electron chi connectivity index (χ0n) is 9.23. The standard InChI is InChI=1S/C10H18N4O/c1-3-4-8(11)10(15)13-7-9-12-5-6-14(9)2/h5-6,8H,3-4,7,11H2,1-2H3,(H,13,15)/t8-/m1/s1. The molecule has 0 aliphatic carbocycles. The highest BCUT2D eigenvalue weighted by atomic mass is 16.2. The maximum absolute atomic E-state index is 11.5. The molecule has 0 aliphatic heterocycles. The van der Waals surface area contributed by atoms with E-state index >= 15 is 0 Å². The molecule has 0 unspecified atom stereocenters. The lowest BCUT2D eigenvalue weighted by atomic mass is 10.2. The molecule has 1 aromatic heterocycles. The molecule has 0 aliphatic rings. The number of nitrogens with zero attached hydrogens (tertiary/aromatic N) is 2. The quantitative estimate of drug-likeness (QED) is 0.727. The monoisotopic (exact) mass is 210 g/mol. The van der Waals surface area contributed by atoms with E-state index in [1.807, 2.05) is 24.7 Å². The summed E-state index contributed by atoms with van der Waals surface area (Å²) < 4.78 is 1.87. The molecule has 1 atom stereocenters. The molecule has 84 valence electrons. The molecule has 0 saturated carbocycles. The van der Waals surface area contributed by atoms with Crippen LogP contribution in [0.25, 0.3) is 0 Å². The van der Waals surface area contributed by atoms with Gasteiger partial charge in [-0.1, -0.05) is 13.3 Å². The van der Waals surface area contributed by atoms with Gasteiger partial charge in [-0.25, -0.2) is 4.98 Å². The minimum Gasteiger partial charge on any atom is -0.348 e. The normalized spacial score (nSPS) is 12.5. The van der Waals surface area contributed by atoms with Gasteiger partial charge >= 0.3 is 0 Å². The Bertz CT molecular complexity index is 321. The number of amides is 1. The molecular weight excluding hydrogens is 192 g/mol. The van der Waals surface area contributed by atoms with Gasteiger partial charge < -0.3 is 15.6 Å². The fourth-order valence-electron chi connectivity index (χ4n) is 1.31. The zero-order valence-corrected chi connectivity index (χ0v) is 9.23. The van der Waals surface area contributed by atoms with Crippen LogP contribution in [0.3, 0.4) is 0 Å².